The number of anilines is 1. The summed E-state index contributed by atoms with van der Waals surface area (Å²) in [4.78, 5) is 6.80. The fourth-order valence-corrected chi connectivity index (χ4v) is 3.04. The first-order valence-electron chi connectivity index (χ1n) is 8.89. The van der Waals surface area contributed by atoms with E-state index in [0.29, 0.717) is 18.5 Å². The molecule has 0 aliphatic carbocycles. The van der Waals surface area contributed by atoms with Crippen LogP contribution in [0.15, 0.2) is 30.3 Å². The number of methoxy groups -OCH3 is 1. The summed E-state index contributed by atoms with van der Waals surface area (Å²) >= 11 is 0. The normalized spacial score (nSPS) is 18.7. The Labute approximate surface area is 148 Å². The lowest BCUT2D eigenvalue weighted by molar-refractivity contribution is 0.0624. The van der Waals surface area contributed by atoms with Crippen molar-refractivity contribution >= 4 is 5.95 Å². The molecular formula is C18H27N5O2. The Morgan fingerprint density at radius 3 is 2.88 bits per heavy atom. The molecule has 0 spiro atoms. The maximum absolute atomic E-state index is 5.98. The quantitative estimate of drug-likeness (QED) is 0.828. The fourth-order valence-electron chi connectivity index (χ4n) is 3.04. The van der Waals surface area contributed by atoms with Gasteiger partial charge >= 0.3 is 6.01 Å². The molecule has 2 aromatic rings. The topological polar surface area (TPSA) is 64.4 Å². The van der Waals surface area contributed by atoms with Crippen LogP contribution in [0.3, 0.4) is 0 Å². The fraction of sp³-hybridized carbons (Fsp3) is 0.556. The Morgan fingerprint density at radius 1 is 1.32 bits per heavy atom. The predicted molar refractivity (Wildman–Crippen MR) is 96.8 cm³/mol. The van der Waals surface area contributed by atoms with Gasteiger partial charge in [-0.3, -0.25) is 4.90 Å². The van der Waals surface area contributed by atoms with E-state index in [1.807, 2.05) is 6.92 Å². The Kier molecular flexibility index (Phi) is 6.25. The van der Waals surface area contributed by atoms with Crippen LogP contribution in [-0.2, 0) is 17.8 Å². The number of hydrogen-bond acceptors (Lipinski definition) is 6. The van der Waals surface area contributed by atoms with Gasteiger partial charge in [0.2, 0.25) is 5.95 Å². The van der Waals surface area contributed by atoms with Gasteiger partial charge in [-0.15, -0.1) is 5.10 Å². The van der Waals surface area contributed by atoms with Gasteiger partial charge in [0.25, 0.3) is 0 Å². The molecule has 25 heavy (non-hydrogen) atoms. The third-order valence-electron chi connectivity index (χ3n) is 4.29. The minimum absolute atomic E-state index is 0.116. The van der Waals surface area contributed by atoms with E-state index in [0.717, 1.165) is 39.2 Å². The maximum Gasteiger partial charge on any atom is 0.316 e. The number of aryl methyl sites for hydroxylation is 1. The maximum atomic E-state index is 5.98. The van der Waals surface area contributed by atoms with Gasteiger partial charge in [-0.05, 0) is 18.9 Å². The van der Waals surface area contributed by atoms with Gasteiger partial charge in [-0.1, -0.05) is 30.3 Å². The number of rotatable bonds is 7. The van der Waals surface area contributed by atoms with E-state index in [4.69, 9.17) is 9.47 Å². The number of nitrogens with one attached hydrogen (secondary N) is 1. The van der Waals surface area contributed by atoms with E-state index >= 15 is 0 Å². The molecule has 1 aromatic carbocycles. The molecule has 0 saturated carbocycles. The Morgan fingerprint density at radius 2 is 2.16 bits per heavy atom. The molecule has 0 amide bonds. The number of ether oxygens (including phenoxy) is 2. The predicted octanol–water partition coefficient (Wildman–Crippen LogP) is 2.01. The number of aromatic nitrogens is 3. The van der Waals surface area contributed by atoms with Crippen molar-refractivity contribution in [3.8, 4) is 6.01 Å². The van der Waals surface area contributed by atoms with E-state index in [1.54, 1.807) is 11.8 Å². The molecule has 0 bridgehead atoms. The van der Waals surface area contributed by atoms with Crippen molar-refractivity contribution in [1.82, 2.24) is 19.7 Å². The van der Waals surface area contributed by atoms with E-state index in [9.17, 15) is 0 Å². The second-order valence-corrected chi connectivity index (χ2v) is 6.19. The van der Waals surface area contributed by atoms with E-state index < -0.39 is 0 Å². The highest BCUT2D eigenvalue weighted by Gasteiger charge is 2.19. The van der Waals surface area contributed by atoms with Crippen LogP contribution in [0, 0.1) is 0 Å². The molecule has 136 valence electrons. The molecule has 1 aliphatic rings. The third kappa shape index (κ3) is 4.93. The van der Waals surface area contributed by atoms with Crippen LogP contribution in [0.4, 0.5) is 5.95 Å². The first kappa shape index (κ1) is 17.7. The van der Waals surface area contributed by atoms with Crippen molar-refractivity contribution < 1.29 is 9.47 Å². The summed E-state index contributed by atoms with van der Waals surface area (Å²) in [5, 5.41) is 7.68. The zero-order valence-corrected chi connectivity index (χ0v) is 15.0. The standard InChI is InChI=1S/C18H27N5O2/c1-3-23-18(24-2)20-17(21-23)19-12-16-14-22(10-7-11-25-16)13-15-8-5-4-6-9-15/h4-6,8-9,16H,3,7,10-14H2,1-2H3,(H,19,21). The van der Waals surface area contributed by atoms with E-state index in [1.165, 1.54) is 5.56 Å². The molecule has 1 fully saturated rings. The molecule has 1 N–H and O–H groups in total. The van der Waals surface area contributed by atoms with Crippen LogP contribution < -0.4 is 10.1 Å². The minimum atomic E-state index is 0.116. The zero-order valence-electron chi connectivity index (χ0n) is 15.0. The summed E-state index contributed by atoms with van der Waals surface area (Å²) in [6.45, 7) is 7.12. The molecule has 1 unspecified atom stereocenters. The number of benzene rings is 1. The molecule has 1 aliphatic heterocycles. The largest absolute Gasteiger partial charge is 0.467 e. The molecule has 1 saturated heterocycles. The first-order valence-corrected chi connectivity index (χ1v) is 8.89. The SMILES string of the molecule is CCn1nc(NCC2CN(Cc3ccccc3)CCCO2)nc1OC. The Balaban J connectivity index is 1.55. The van der Waals surface area contributed by atoms with Crippen molar-refractivity contribution in [2.75, 3.05) is 38.7 Å². The summed E-state index contributed by atoms with van der Waals surface area (Å²) in [7, 11) is 1.61. The lowest BCUT2D eigenvalue weighted by atomic mass is 10.2. The highest BCUT2D eigenvalue weighted by Crippen LogP contribution is 2.13. The van der Waals surface area contributed by atoms with Crippen LogP contribution >= 0.6 is 0 Å². The van der Waals surface area contributed by atoms with Crippen LogP contribution in [0.1, 0.15) is 18.9 Å². The molecule has 3 rings (SSSR count). The number of nitrogens with zero attached hydrogens (tertiary/aromatic N) is 4. The van der Waals surface area contributed by atoms with Crippen LogP contribution in [0.2, 0.25) is 0 Å². The second-order valence-electron chi connectivity index (χ2n) is 6.19. The summed E-state index contributed by atoms with van der Waals surface area (Å²) < 4.78 is 12.9. The summed E-state index contributed by atoms with van der Waals surface area (Å²) in [6.07, 6.45) is 1.17. The molecule has 7 nitrogen and oxygen atoms in total. The average Bonchev–Trinajstić information content (AvgIpc) is 2.92. The van der Waals surface area contributed by atoms with E-state index in [-0.39, 0.29) is 6.10 Å². The third-order valence-corrected chi connectivity index (χ3v) is 4.29. The molecule has 7 heteroatoms. The molecule has 2 heterocycles. The van der Waals surface area contributed by atoms with Gasteiger partial charge in [0, 0.05) is 39.3 Å². The van der Waals surface area contributed by atoms with Crippen molar-refractivity contribution in [3.63, 3.8) is 0 Å². The van der Waals surface area contributed by atoms with Gasteiger partial charge in [0.1, 0.15) is 0 Å². The summed E-state index contributed by atoms with van der Waals surface area (Å²) in [5.74, 6) is 0.584. The van der Waals surface area contributed by atoms with Crippen molar-refractivity contribution in [1.29, 1.82) is 0 Å². The Bertz CT molecular complexity index is 625. The van der Waals surface area contributed by atoms with Crippen molar-refractivity contribution in [2.45, 2.75) is 32.5 Å². The first-order chi connectivity index (χ1) is 12.3. The van der Waals surface area contributed by atoms with Crippen molar-refractivity contribution in [3.05, 3.63) is 35.9 Å². The van der Waals surface area contributed by atoms with E-state index in [2.05, 4.69) is 50.6 Å². The molecule has 1 atom stereocenters. The zero-order chi connectivity index (χ0) is 17.5. The summed E-state index contributed by atoms with van der Waals surface area (Å²) in [5.41, 5.74) is 1.34. The Hall–Kier alpha value is -2.12. The smallest absolute Gasteiger partial charge is 0.316 e. The summed E-state index contributed by atoms with van der Waals surface area (Å²) in [6, 6.07) is 11.1. The lowest BCUT2D eigenvalue weighted by Gasteiger charge is -2.23. The van der Waals surface area contributed by atoms with Crippen LogP contribution in [0.25, 0.3) is 0 Å². The average molecular weight is 345 g/mol. The highest BCUT2D eigenvalue weighted by molar-refractivity contribution is 5.25. The van der Waals surface area contributed by atoms with Gasteiger partial charge in [-0.25, -0.2) is 4.68 Å². The van der Waals surface area contributed by atoms with Gasteiger partial charge in [0.05, 0.1) is 13.2 Å². The molecule has 0 radical (unpaired) electrons. The molecule has 1 aromatic heterocycles. The van der Waals surface area contributed by atoms with Gasteiger partial charge < -0.3 is 14.8 Å². The lowest BCUT2D eigenvalue weighted by Crippen LogP contribution is -2.35. The van der Waals surface area contributed by atoms with Gasteiger partial charge in [-0.2, -0.15) is 4.98 Å². The van der Waals surface area contributed by atoms with Crippen LogP contribution in [-0.4, -0.2) is 59.1 Å². The number of hydrogen-bond donors (Lipinski definition) is 1. The van der Waals surface area contributed by atoms with Crippen molar-refractivity contribution in [2.24, 2.45) is 0 Å². The minimum Gasteiger partial charge on any atom is -0.467 e. The second kappa shape index (κ2) is 8.82. The van der Waals surface area contributed by atoms with Gasteiger partial charge in [0.15, 0.2) is 0 Å². The molecular weight excluding hydrogens is 318 g/mol. The van der Waals surface area contributed by atoms with Crippen LogP contribution in [0.5, 0.6) is 6.01 Å². The highest BCUT2D eigenvalue weighted by atomic mass is 16.5. The monoisotopic (exact) mass is 345 g/mol.